The first-order chi connectivity index (χ1) is 15.9. The van der Waals surface area contributed by atoms with Crippen molar-refractivity contribution in [3.63, 3.8) is 0 Å². The SMILES string of the molecule is CC(C)N1C(=O)c2ccc(C(=O)NCc3ccccc3NC(=O)c3cccnc3)cc2C1=O. The van der Waals surface area contributed by atoms with Crippen molar-refractivity contribution in [3.8, 4) is 0 Å². The van der Waals surface area contributed by atoms with Crippen molar-refractivity contribution in [2.45, 2.75) is 26.4 Å². The fourth-order valence-electron chi connectivity index (χ4n) is 3.64. The van der Waals surface area contributed by atoms with E-state index in [-0.39, 0.29) is 35.5 Å². The number of pyridine rings is 1. The largest absolute Gasteiger partial charge is 0.348 e. The van der Waals surface area contributed by atoms with Gasteiger partial charge in [-0.3, -0.25) is 29.1 Å². The van der Waals surface area contributed by atoms with E-state index in [2.05, 4.69) is 15.6 Å². The predicted molar refractivity (Wildman–Crippen MR) is 122 cm³/mol. The van der Waals surface area contributed by atoms with Gasteiger partial charge in [0.1, 0.15) is 0 Å². The molecule has 0 radical (unpaired) electrons. The number of imide groups is 1. The zero-order valence-corrected chi connectivity index (χ0v) is 18.2. The van der Waals surface area contributed by atoms with Crippen molar-refractivity contribution in [1.82, 2.24) is 15.2 Å². The van der Waals surface area contributed by atoms with Crippen LogP contribution in [0.3, 0.4) is 0 Å². The highest BCUT2D eigenvalue weighted by molar-refractivity contribution is 6.22. The molecule has 8 heteroatoms. The monoisotopic (exact) mass is 442 g/mol. The molecular weight excluding hydrogens is 420 g/mol. The Kier molecular flexibility index (Phi) is 5.99. The Morgan fingerprint density at radius 2 is 1.67 bits per heavy atom. The van der Waals surface area contributed by atoms with Crippen molar-refractivity contribution in [2.75, 3.05) is 5.32 Å². The number of anilines is 1. The molecule has 8 nitrogen and oxygen atoms in total. The Bertz CT molecular complexity index is 1250. The van der Waals surface area contributed by atoms with Crippen LogP contribution in [0.2, 0.25) is 0 Å². The van der Waals surface area contributed by atoms with Gasteiger partial charge in [0, 0.05) is 36.2 Å². The summed E-state index contributed by atoms with van der Waals surface area (Å²) in [5.41, 5.74) is 2.50. The van der Waals surface area contributed by atoms with Crippen LogP contribution in [-0.2, 0) is 6.54 Å². The van der Waals surface area contributed by atoms with Crippen LogP contribution in [0.25, 0.3) is 0 Å². The smallest absolute Gasteiger partial charge is 0.261 e. The summed E-state index contributed by atoms with van der Waals surface area (Å²) in [6.07, 6.45) is 3.06. The third kappa shape index (κ3) is 4.36. The Balaban J connectivity index is 1.47. The van der Waals surface area contributed by atoms with E-state index in [0.29, 0.717) is 22.4 Å². The summed E-state index contributed by atoms with van der Waals surface area (Å²) in [5, 5.41) is 5.64. The molecule has 2 aromatic carbocycles. The van der Waals surface area contributed by atoms with Crippen LogP contribution in [0.15, 0.2) is 67.0 Å². The van der Waals surface area contributed by atoms with Crippen molar-refractivity contribution in [3.05, 3.63) is 94.8 Å². The average molecular weight is 442 g/mol. The number of nitrogens with one attached hydrogen (secondary N) is 2. The lowest BCUT2D eigenvalue weighted by molar-refractivity contribution is 0.0608. The summed E-state index contributed by atoms with van der Waals surface area (Å²) >= 11 is 0. The molecule has 4 amide bonds. The summed E-state index contributed by atoms with van der Waals surface area (Å²) in [6, 6.07) is 14.7. The number of amides is 4. The van der Waals surface area contributed by atoms with Crippen LogP contribution in [0.4, 0.5) is 5.69 Å². The molecule has 3 aromatic rings. The number of rotatable bonds is 6. The Labute approximate surface area is 190 Å². The Hall–Kier alpha value is -4.33. The van der Waals surface area contributed by atoms with Crippen LogP contribution >= 0.6 is 0 Å². The van der Waals surface area contributed by atoms with E-state index in [4.69, 9.17) is 0 Å². The van der Waals surface area contributed by atoms with Gasteiger partial charge in [-0.25, -0.2) is 0 Å². The normalized spacial score (nSPS) is 12.6. The van der Waals surface area contributed by atoms with Crippen LogP contribution in [0, 0.1) is 0 Å². The van der Waals surface area contributed by atoms with E-state index < -0.39 is 11.8 Å². The molecule has 0 unspecified atom stereocenters. The Morgan fingerprint density at radius 3 is 2.39 bits per heavy atom. The van der Waals surface area contributed by atoms with Crippen LogP contribution in [-0.4, -0.2) is 39.6 Å². The minimum Gasteiger partial charge on any atom is -0.348 e. The van der Waals surface area contributed by atoms with Gasteiger partial charge in [-0.2, -0.15) is 0 Å². The standard InChI is InChI=1S/C25H22N4O4/c1-15(2)29-24(32)19-10-9-16(12-20(19)25(29)33)22(30)27-14-17-6-3-4-8-21(17)28-23(31)18-7-5-11-26-13-18/h3-13,15H,14H2,1-2H3,(H,27,30)(H,28,31). The molecule has 1 aliphatic rings. The zero-order valence-electron chi connectivity index (χ0n) is 18.2. The molecule has 0 saturated carbocycles. The van der Waals surface area contributed by atoms with Gasteiger partial charge in [-0.1, -0.05) is 18.2 Å². The summed E-state index contributed by atoms with van der Waals surface area (Å²) in [7, 11) is 0. The second-order valence-corrected chi connectivity index (χ2v) is 7.87. The molecule has 0 aliphatic carbocycles. The number of carbonyl (C=O) groups is 4. The molecule has 166 valence electrons. The first-order valence-electron chi connectivity index (χ1n) is 10.5. The van der Waals surface area contributed by atoms with Gasteiger partial charge < -0.3 is 10.6 Å². The number of hydrogen-bond acceptors (Lipinski definition) is 5. The summed E-state index contributed by atoms with van der Waals surface area (Å²) in [5.74, 6) is -1.45. The highest BCUT2D eigenvalue weighted by Gasteiger charge is 2.37. The van der Waals surface area contributed by atoms with E-state index in [0.717, 1.165) is 0 Å². The summed E-state index contributed by atoms with van der Waals surface area (Å²) < 4.78 is 0. The van der Waals surface area contributed by atoms with Crippen LogP contribution < -0.4 is 10.6 Å². The van der Waals surface area contributed by atoms with Crippen molar-refractivity contribution < 1.29 is 19.2 Å². The molecule has 0 spiro atoms. The van der Waals surface area contributed by atoms with Gasteiger partial charge in [0.05, 0.1) is 16.7 Å². The van der Waals surface area contributed by atoms with E-state index in [1.165, 1.54) is 29.3 Å². The van der Waals surface area contributed by atoms with Gasteiger partial charge in [0.25, 0.3) is 23.6 Å². The molecule has 2 N–H and O–H groups in total. The lowest BCUT2D eigenvalue weighted by Crippen LogP contribution is -2.35. The Morgan fingerprint density at radius 1 is 0.909 bits per heavy atom. The molecule has 1 aliphatic heterocycles. The molecule has 33 heavy (non-hydrogen) atoms. The maximum Gasteiger partial charge on any atom is 0.261 e. The minimum absolute atomic E-state index is 0.157. The first kappa shape index (κ1) is 21.9. The average Bonchev–Trinajstić information content (AvgIpc) is 3.08. The topological polar surface area (TPSA) is 108 Å². The maximum atomic E-state index is 12.8. The molecule has 4 rings (SSSR count). The van der Waals surface area contributed by atoms with Crippen LogP contribution in [0.5, 0.6) is 0 Å². The molecular formula is C25H22N4O4. The number of para-hydroxylation sites is 1. The third-order valence-corrected chi connectivity index (χ3v) is 5.33. The van der Waals surface area contributed by atoms with Gasteiger partial charge >= 0.3 is 0 Å². The number of aromatic nitrogens is 1. The number of carbonyl (C=O) groups excluding carboxylic acids is 4. The maximum absolute atomic E-state index is 12.8. The number of fused-ring (bicyclic) bond motifs is 1. The highest BCUT2D eigenvalue weighted by Crippen LogP contribution is 2.26. The third-order valence-electron chi connectivity index (χ3n) is 5.33. The van der Waals surface area contributed by atoms with Crippen LogP contribution in [0.1, 0.15) is 60.8 Å². The molecule has 0 fully saturated rings. The van der Waals surface area contributed by atoms with Gasteiger partial charge in [-0.05, 0) is 55.8 Å². The number of hydrogen-bond donors (Lipinski definition) is 2. The van der Waals surface area contributed by atoms with Gasteiger partial charge in [0.2, 0.25) is 0 Å². The van der Waals surface area contributed by atoms with Gasteiger partial charge in [0.15, 0.2) is 0 Å². The summed E-state index contributed by atoms with van der Waals surface area (Å²) in [6.45, 7) is 3.68. The second-order valence-electron chi connectivity index (χ2n) is 7.87. The number of benzene rings is 2. The zero-order chi connectivity index (χ0) is 23.5. The fourth-order valence-corrected chi connectivity index (χ4v) is 3.64. The number of nitrogens with zero attached hydrogens (tertiary/aromatic N) is 2. The van der Waals surface area contributed by atoms with E-state index >= 15 is 0 Å². The summed E-state index contributed by atoms with van der Waals surface area (Å²) in [4.78, 5) is 55.4. The lowest BCUT2D eigenvalue weighted by Gasteiger charge is -2.17. The van der Waals surface area contributed by atoms with Crippen molar-refractivity contribution >= 4 is 29.3 Å². The molecule has 2 heterocycles. The van der Waals surface area contributed by atoms with E-state index in [1.807, 2.05) is 0 Å². The van der Waals surface area contributed by atoms with Gasteiger partial charge in [-0.15, -0.1) is 0 Å². The lowest BCUT2D eigenvalue weighted by atomic mass is 10.1. The quantitative estimate of drug-likeness (QED) is 0.570. The van der Waals surface area contributed by atoms with Crippen molar-refractivity contribution in [1.29, 1.82) is 0 Å². The second kappa shape index (κ2) is 9.04. The molecule has 1 aromatic heterocycles. The molecule has 0 bridgehead atoms. The minimum atomic E-state index is -0.400. The van der Waals surface area contributed by atoms with E-state index in [1.54, 1.807) is 56.4 Å². The highest BCUT2D eigenvalue weighted by atomic mass is 16.2. The molecule has 0 atom stereocenters. The predicted octanol–water partition coefficient (Wildman–Crippen LogP) is 3.27. The fraction of sp³-hybridized carbons (Fsp3) is 0.160. The first-order valence-corrected chi connectivity index (χ1v) is 10.5. The molecule has 0 saturated heterocycles. The van der Waals surface area contributed by atoms with Crippen molar-refractivity contribution in [2.24, 2.45) is 0 Å². The van der Waals surface area contributed by atoms with E-state index in [9.17, 15) is 19.2 Å².